The molecule has 5 nitrogen and oxygen atoms in total. The first-order valence-corrected chi connectivity index (χ1v) is 8.59. The number of benzene rings is 1. The van der Waals surface area contributed by atoms with Crippen molar-refractivity contribution in [2.75, 3.05) is 32.8 Å². The molecule has 1 aromatic carbocycles. The Hall–Kier alpha value is -1.59. The van der Waals surface area contributed by atoms with Gasteiger partial charge in [-0.1, -0.05) is 37.3 Å². The third-order valence-electron chi connectivity index (χ3n) is 4.36. The van der Waals surface area contributed by atoms with E-state index in [2.05, 4.69) is 46.7 Å². The monoisotopic (exact) mass is 319 g/mol. The second kappa shape index (κ2) is 9.53. The topological polar surface area (TPSA) is 53.6 Å². The van der Waals surface area contributed by atoms with E-state index in [1.807, 2.05) is 13.0 Å². The first-order valence-electron chi connectivity index (χ1n) is 8.59. The number of hydrogen-bond acceptors (Lipinski definition) is 3. The third kappa shape index (κ3) is 6.20. The maximum atomic E-state index is 12.0. The molecule has 0 radical (unpaired) electrons. The van der Waals surface area contributed by atoms with Crippen LogP contribution in [-0.2, 0) is 11.2 Å². The predicted octanol–water partition coefficient (Wildman–Crippen LogP) is 2.03. The highest BCUT2D eigenvalue weighted by molar-refractivity contribution is 5.74. The Morgan fingerprint density at radius 1 is 1.26 bits per heavy atom. The van der Waals surface area contributed by atoms with Crippen LogP contribution >= 0.6 is 0 Å². The average molecular weight is 319 g/mol. The summed E-state index contributed by atoms with van der Waals surface area (Å²) in [5.41, 5.74) is 1.30. The molecule has 0 aliphatic carbocycles. The molecule has 1 aliphatic rings. The number of carbonyl (C=O) groups is 1. The Morgan fingerprint density at radius 3 is 2.61 bits per heavy atom. The van der Waals surface area contributed by atoms with Crippen LogP contribution in [0.5, 0.6) is 0 Å². The molecular weight excluding hydrogens is 290 g/mol. The van der Waals surface area contributed by atoms with Crippen LogP contribution in [0.15, 0.2) is 30.3 Å². The molecule has 0 aromatic heterocycles. The van der Waals surface area contributed by atoms with E-state index in [4.69, 9.17) is 4.74 Å². The molecule has 1 aliphatic heterocycles. The number of carbonyl (C=O) groups excluding carboxylic acids is 1. The molecule has 128 valence electrons. The van der Waals surface area contributed by atoms with Crippen molar-refractivity contribution in [3.05, 3.63) is 35.9 Å². The summed E-state index contributed by atoms with van der Waals surface area (Å²) < 4.78 is 5.45. The molecule has 2 amide bonds. The lowest BCUT2D eigenvalue weighted by Crippen LogP contribution is -2.51. The van der Waals surface area contributed by atoms with E-state index in [-0.39, 0.29) is 12.1 Å². The fraction of sp³-hybridized carbons (Fsp3) is 0.611. The zero-order chi connectivity index (χ0) is 16.5. The van der Waals surface area contributed by atoms with Crippen molar-refractivity contribution in [2.24, 2.45) is 0 Å². The van der Waals surface area contributed by atoms with E-state index in [0.717, 1.165) is 39.1 Å². The normalized spacial score (nSPS) is 18.2. The Balaban J connectivity index is 1.91. The van der Waals surface area contributed by atoms with E-state index >= 15 is 0 Å². The third-order valence-corrected chi connectivity index (χ3v) is 4.36. The number of morpholine rings is 1. The van der Waals surface area contributed by atoms with Gasteiger partial charge in [0.25, 0.3) is 0 Å². The average Bonchev–Trinajstić information content (AvgIpc) is 2.60. The lowest BCUT2D eigenvalue weighted by molar-refractivity contribution is 0.0172. The van der Waals surface area contributed by atoms with E-state index in [9.17, 15) is 4.79 Å². The first-order chi connectivity index (χ1) is 11.2. The summed E-state index contributed by atoms with van der Waals surface area (Å²) in [6, 6.07) is 10.9. The van der Waals surface area contributed by atoms with E-state index in [1.54, 1.807) is 0 Å². The van der Waals surface area contributed by atoms with Crippen molar-refractivity contribution in [1.82, 2.24) is 15.5 Å². The summed E-state index contributed by atoms with van der Waals surface area (Å²) in [6.45, 7) is 8.12. The van der Waals surface area contributed by atoms with E-state index in [1.165, 1.54) is 5.56 Å². The summed E-state index contributed by atoms with van der Waals surface area (Å²) in [5.74, 6) is 0. The molecule has 1 aromatic rings. The summed E-state index contributed by atoms with van der Waals surface area (Å²) in [5, 5.41) is 5.99. The summed E-state index contributed by atoms with van der Waals surface area (Å²) >= 11 is 0. The minimum absolute atomic E-state index is 0.0781. The molecule has 2 unspecified atom stereocenters. The van der Waals surface area contributed by atoms with E-state index in [0.29, 0.717) is 12.6 Å². The standard InChI is InChI=1S/C18H29N3O2/c1-3-15(2)20-18(22)19-14-17(21-9-11-23-12-10-21)13-16-7-5-4-6-8-16/h4-8,15,17H,3,9-14H2,1-2H3,(H2,19,20,22). The Bertz CT molecular complexity index is 461. The largest absolute Gasteiger partial charge is 0.379 e. The summed E-state index contributed by atoms with van der Waals surface area (Å²) in [4.78, 5) is 14.4. The van der Waals surface area contributed by atoms with Crippen molar-refractivity contribution in [2.45, 2.75) is 38.8 Å². The van der Waals surface area contributed by atoms with Gasteiger partial charge < -0.3 is 15.4 Å². The number of hydrogen-bond donors (Lipinski definition) is 2. The molecule has 2 rings (SSSR count). The number of amides is 2. The van der Waals surface area contributed by atoms with Crippen LogP contribution in [0.3, 0.4) is 0 Å². The lowest BCUT2D eigenvalue weighted by Gasteiger charge is -2.34. The van der Waals surface area contributed by atoms with Crippen molar-refractivity contribution in [3.63, 3.8) is 0 Å². The van der Waals surface area contributed by atoms with Gasteiger partial charge in [0.1, 0.15) is 0 Å². The molecule has 23 heavy (non-hydrogen) atoms. The van der Waals surface area contributed by atoms with Crippen molar-refractivity contribution < 1.29 is 9.53 Å². The predicted molar refractivity (Wildman–Crippen MR) is 92.6 cm³/mol. The van der Waals surface area contributed by atoms with Crippen LogP contribution in [0, 0.1) is 0 Å². The number of rotatable bonds is 7. The highest BCUT2D eigenvalue weighted by Crippen LogP contribution is 2.11. The zero-order valence-electron chi connectivity index (χ0n) is 14.3. The van der Waals surface area contributed by atoms with Gasteiger partial charge in [0.05, 0.1) is 13.2 Å². The van der Waals surface area contributed by atoms with Gasteiger partial charge in [0.15, 0.2) is 0 Å². The van der Waals surface area contributed by atoms with Crippen molar-refractivity contribution in [1.29, 1.82) is 0 Å². The molecule has 0 bridgehead atoms. The SMILES string of the molecule is CCC(C)NC(=O)NCC(Cc1ccccc1)N1CCOCC1. The van der Waals surface area contributed by atoms with Gasteiger partial charge >= 0.3 is 6.03 Å². The molecule has 2 N–H and O–H groups in total. The van der Waals surface area contributed by atoms with Crippen LogP contribution in [0.4, 0.5) is 4.79 Å². The Labute approximate surface area is 139 Å². The molecular formula is C18H29N3O2. The summed E-state index contributed by atoms with van der Waals surface area (Å²) in [6.07, 6.45) is 1.87. The fourth-order valence-electron chi connectivity index (χ4n) is 2.75. The van der Waals surface area contributed by atoms with Crippen molar-refractivity contribution >= 4 is 6.03 Å². The molecule has 5 heteroatoms. The van der Waals surface area contributed by atoms with Gasteiger partial charge in [-0.2, -0.15) is 0 Å². The molecule has 0 saturated carbocycles. The molecule has 1 saturated heterocycles. The van der Waals surface area contributed by atoms with Gasteiger partial charge in [0, 0.05) is 31.7 Å². The van der Waals surface area contributed by atoms with E-state index < -0.39 is 0 Å². The first kappa shape index (κ1) is 17.8. The van der Waals surface area contributed by atoms with Crippen LogP contribution in [0.25, 0.3) is 0 Å². The molecule has 2 atom stereocenters. The Kier molecular flexibility index (Phi) is 7.36. The zero-order valence-corrected chi connectivity index (χ0v) is 14.3. The minimum Gasteiger partial charge on any atom is -0.379 e. The highest BCUT2D eigenvalue weighted by Gasteiger charge is 2.22. The van der Waals surface area contributed by atoms with Gasteiger partial charge in [-0.3, -0.25) is 4.90 Å². The number of urea groups is 1. The van der Waals surface area contributed by atoms with Crippen LogP contribution < -0.4 is 10.6 Å². The van der Waals surface area contributed by atoms with Gasteiger partial charge in [-0.15, -0.1) is 0 Å². The van der Waals surface area contributed by atoms with Gasteiger partial charge in [0.2, 0.25) is 0 Å². The van der Waals surface area contributed by atoms with Gasteiger partial charge in [-0.05, 0) is 25.3 Å². The number of nitrogens with zero attached hydrogens (tertiary/aromatic N) is 1. The highest BCUT2D eigenvalue weighted by atomic mass is 16.5. The second-order valence-corrected chi connectivity index (χ2v) is 6.16. The maximum Gasteiger partial charge on any atom is 0.315 e. The lowest BCUT2D eigenvalue weighted by atomic mass is 10.0. The van der Waals surface area contributed by atoms with Crippen LogP contribution in [0.2, 0.25) is 0 Å². The fourth-order valence-corrected chi connectivity index (χ4v) is 2.75. The number of ether oxygens (including phenoxy) is 1. The number of nitrogens with one attached hydrogen (secondary N) is 2. The molecule has 1 heterocycles. The van der Waals surface area contributed by atoms with Crippen LogP contribution in [0.1, 0.15) is 25.8 Å². The van der Waals surface area contributed by atoms with Crippen LogP contribution in [-0.4, -0.2) is 55.9 Å². The Morgan fingerprint density at radius 2 is 1.96 bits per heavy atom. The summed E-state index contributed by atoms with van der Waals surface area (Å²) in [7, 11) is 0. The smallest absolute Gasteiger partial charge is 0.315 e. The molecule has 0 spiro atoms. The molecule has 1 fully saturated rings. The van der Waals surface area contributed by atoms with Gasteiger partial charge in [-0.25, -0.2) is 4.79 Å². The van der Waals surface area contributed by atoms with Crippen molar-refractivity contribution in [3.8, 4) is 0 Å². The second-order valence-electron chi connectivity index (χ2n) is 6.16. The maximum absolute atomic E-state index is 12.0. The minimum atomic E-state index is -0.0781. The quantitative estimate of drug-likeness (QED) is 0.808.